The minimum atomic E-state index is 0.335. The Balaban J connectivity index is 1.91. The second-order valence-corrected chi connectivity index (χ2v) is 4.80. The second-order valence-electron chi connectivity index (χ2n) is 4.80. The molecule has 17 heavy (non-hydrogen) atoms. The molecule has 1 aromatic heterocycles. The zero-order valence-electron chi connectivity index (χ0n) is 10.9. The molecule has 1 aliphatic rings. The molecule has 1 saturated carbocycles. The number of aryl methyl sites for hydroxylation is 2. The van der Waals surface area contributed by atoms with E-state index in [1.165, 1.54) is 5.69 Å². The summed E-state index contributed by atoms with van der Waals surface area (Å²) in [4.78, 5) is 0. The molecule has 4 nitrogen and oxygen atoms in total. The lowest BCUT2D eigenvalue weighted by Crippen LogP contribution is -2.18. The predicted molar refractivity (Wildman–Crippen MR) is 67.7 cm³/mol. The molecule has 1 fully saturated rings. The molecule has 2 atom stereocenters. The first-order valence-electron chi connectivity index (χ1n) is 6.65. The molecule has 0 aromatic carbocycles. The van der Waals surface area contributed by atoms with Gasteiger partial charge >= 0.3 is 0 Å². The lowest BCUT2D eigenvalue weighted by Gasteiger charge is -2.12. The zero-order chi connectivity index (χ0) is 12.3. The Morgan fingerprint density at radius 3 is 2.88 bits per heavy atom. The number of aromatic nitrogens is 2. The Morgan fingerprint density at radius 1 is 1.47 bits per heavy atom. The Morgan fingerprint density at radius 2 is 2.29 bits per heavy atom. The highest BCUT2D eigenvalue weighted by Crippen LogP contribution is 2.21. The predicted octanol–water partition coefficient (Wildman–Crippen LogP) is 1.86. The van der Waals surface area contributed by atoms with Gasteiger partial charge in [0.15, 0.2) is 0 Å². The fourth-order valence-corrected chi connectivity index (χ4v) is 2.41. The van der Waals surface area contributed by atoms with Gasteiger partial charge in [-0.25, -0.2) is 0 Å². The Kier molecular flexibility index (Phi) is 4.18. The average Bonchev–Trinajstić information content (AvgIpc) is 2.92. The van der Waals surface area contributed by atoms with E-state index >= 15 is 0 Å². The summed E-state index contributed by atoms with van der Waals surface area (Å²) in [6.07, 6.45) is 4.52. The molecule has 0 amide bonds. The van der Waals surface area contributed by atoms with Gasteiger partial charge in [-0.1, -0.05) is 6.92 Å². The second kappa shape index (κ2) is 5.65. The van der Waals surface area contributed by atoms with Crippen molar-refractivity contribution in [2.75, 3.05) is 0 Å². The van der Waals surface area contributed by atoms with Crippen molar-refractivity contribution in [1.82, 2.24) is 9.78 Å². The number of nitrogens with two attached hydrogens (primary N) is 1. The van der Waals surface area contributed by atoms with Crippen LogP contribution in [-0.2, 0) is 24.3 Å². The lowest BCUT2D eigenvalue weighted by molar-refractivity contribution is 0.0409. The number of rotatable bonds is 5. The van der Waals surface area contributed by atoms with Crippen molar-refractivity contribution in [3.8, 4) is 0 Å². The van der Waals surface area contributed by atoms with Gasteiger partial charge in [-0.3, -0.25) is 4.68 Å². The maximum absolute atomic E-state index is 5.92. The van der Waals surface area contributed by atoms with Crippen LogP contribution in [0.4, 0.5) is 0 Å². The SMILES string of the molecule is CCc1cc(COC2CCC(N)C2)n(CC)n1. The van der Waals surface area contributed by atoms with E-state index in [-0.39, 0.29) is 0 Å². The van der Waals surface area contributed by atoms with Crippen LogP contribution in [0.2, 0.25) is 0 Å². The molecule has 0 saturated heterocycles. The first-order chi connectivity index (χ1) is 8.22. The summed E-state index contributed by atoms with van der Waals surface area (Å²) in [5.41, 5.74) is 8.21. The van der Waals surface area contributed by atoms with Crippen LogP contribution in [0.25, 0.3) is 0 Å². The number of ether oxygens (including phenoxy) is 1. The lowest BCUT2D eigenvalue weighted by atomic mass is 10.3. The third kappa shape index (κ3) is 3.07. The first-order valence-corrected chi connectivity index (χ1v) is 6.65. The summed E-state index contributed by atoms with van der Waals surface area (Å²) < 4.78 is 7.95. The third-order valence-corrected chi connectivity index (χ3v) is 3.47. The summed E-state index contributed by atoms with van der Waals surface area (Å²) in [6, 6.07) is 2.49. The molecule has 2 rings (SSSR count). The standard InChI is InChI=1S/C13H23N3O/c1-3-11-8-12(16(4-2)15-11)9-17-13-6-5-10(14)7-13/h8,10,13H,3-7,9,14H2,1-2H3. The van der Waals surface area contributed by atoms with Crippen LogP contribution in [0.1, 0.15) is 44.5 Å². The van der Waals surface area contributed by atoms with E-state index < -0.39 is 0 Å². The quantitative estimate of drug-likeness (QED) is 0.850. The maximum Gasteiger partial charge on any atom is 0.0888 e. The van der Waals surface area contributed by atoms with Crippen LogP contribution in [0.5, 0.6) is 0 Å². The van der Waals surface area contributed by atoms with Crippen LogP contribution in [0.3, 0.4) is 0 Å². The fraction of sp³-hybridized carbons (Fsp3) is 0.769. The van der Waals surface area contributed by atoms with Gasteiger partial charge < -0.3 is 10.5 Å². The van der Waals surface area contributed by atoms with Crippen LogP contribution in [-0.4, -0.2) is 21.9 Å². The van der Waals surface area contributed by atoms with Gasteiger partial charge in [0.1, 0.15) is 0 Å². The molecule has 1 heterocycles. The highest BCUT2D eigenvalue weighted by atomic mass is 16.5. The summed E-state index contributed by atoms with van der Waals surface area (Å²) in [5.74, 6) is 0. The van der Waals surface area contributed by atoms with Gasteiger partial charge in [0, 0.05) is 12.6 Å². The van der Waals surface area contributed by atoms with Crippen LogP contribution >= 0.6 is 0 Å². The molecule has 2 N–H and O–H groups in total. The van der Waals surface area contributed by atoms with Gasteiger partial charge in [-0.05, 0) is 38.7 Å². The largest absolute Gasteiger partial charge is 0.372 e. The minimum absolute atomic E-state index is 0.335. The molecular formula is C13H23N3O. The van der Waals surface area contributed by atoms with E-state index in [4.69, 9.17) is 10.5 Å². The van der Waals surface area contributed by atoms with Gasteiger partial charge in [0.2, 0.25) is 0 Å². The van der Waals surface area contributed by atoms with E-state index in [1.807, 2.05) is 4.68 Å². The minimum Gasteiger partial charge on any atom is -0.372 e. The maximum atomic E-state index is 5.92. The van der Waals surface area contributed by atoms with Crippen molar-refractivity contribution >= 4 is 0 Å². The average molecular weight is 237 g/mol. The Bertz CT molecular complexity index is 362. The molecule has 0 radical (unpaired) electrons. The summed E-state index contributed by atoms with van der Waals surface area (Å²) in [5, 5.41) is 4.52. The van der Waals surface area contributed by atoms with Crippen molar-refractivity contribution in [2.24, 2.45) is 5.73 Å². The molecule has 1 aromatic rings. The molecule has 1 aliphatic carbocycles. The molecule has 0 aliphatic heterocycles. The van der Waals surface area contributed by atoms with Gasteiger partial charge in [0.05, 0.1) is 24.1 Å². The highest BCUT2D eigenvalue weighted by molar-refractivity contribution is 5.09. The zero-order valence-corrected chi connectivity index (χ0v) is 10.9. The van der Waals surface area contributed by atoms with E-state index in [1.54, 1.807) is 0 Å². The first kappa shape index (κ1) is 12.6. The molecule has 4 heteroatoms. The molecule has 96 valence electrons. The van der Waals surface area contributed by atoms with Crippen molar-refractivity contribution in [1.29, 1.82) is 0 Å². The topological polar surface area (TPSA) is 53.1 Å². The van der Waals surface area contributed by atoms with Crippen molar-refractivity contribution in [3.05, 3.63) is 17.5 Å². The van der Waals surface area contributed by atoms with Crippen LogP contribution in [0, 0.1) is 0 Å². The van der Waals surface area contributed by atoms with Crippen molar-refractivity contribution in [3.63, 3.8) is 0 Å². The molecule has 0 spiro atoms. The third-order valence-electron chi connectivity index (χ3n) is 3.47. The highest BCUT2D eigenvalue weighted by Gasteiger charge is 2.22. The van der Waals surface area contributed by atoms with Crippen LogP contribution in [0.15, 0.2) is 6.07 Å². The molecule has 2 unspecified atom stereocenters. The van der Waals surface area contributed by atoms with Crippen LogP contribution < -0.4 is 5.73 Å². The van der Waals surface area contributed by atoms with Crippen molar-refractivity contribution in [2.45, 2.75) is 64.8 Å². The summed E-state index contributed by atoms with van der Waals surface area (Å²) in [6.45, 7) is 5.81. The number of hydrogen-bond acceptors (Lipinski definition) is 3. The van der Waals surface area contributed by atoms with Crippen molar-refractivity contribution < 1.29 is 4.74 Å². The van der Waals surface area contributed by atoms with E-state index in [0.717, 1.165) is 37.9 Å². The number of nitrogens with zero attached hydrogens (tertiary/aromatic N) is 2. The Hall–Kier alpha value is -0.870. The molecule has 0 bridgehead atoms. The number of hydrogen-bond donors (Lipinski definition) is 1. The van der Waals surface area contributed by atoms with E-state index in [0.29, 0.717) is 18.8 Å². The van der Waals surface area contributed by atoms with E-state index in [2.05, 4.69) is 25.0 Å². The molecular weight excluding hydrogens is 214 g/mol. The Labute approximate surface area is 103 Å². The summed E-state index contributed by atoms with van der Waals surface area (Å²) in [7, 11) is 0. The normalized spacial score (nSPS) is 24.4. The van der Waals surface area contributed by atoms with Gasteiger partial charge in [0.25, 0.3) is 0 Å². The fourth-order valence-electron chi connectivity index (χ4n) is 2.41. The van der Waals surface area contributed by atoms with E-state index in [9.17, 15) is 0 Å². The van der Waals surface area contributed by atoms with Gasteiger partial charge in [-0.2, -0.15) is 5.10 Å². The smallest absolute Gasteiger partial charge is 0.0888 e. The monoisotopic (exact) mass is 237 g/mol. The summed E-state index contributed by atoms with van der Waals surface area (Å²) >= 11 is 0. The van der Waals surface area contributed by atoms with Gasteiger partial charge in [-0.15, -0.1) is 0 Å².